The van der Waals surface area contributed by atoms with Gasteiger partial charge in [-0.2, -0.15) is 0 Å². The Morgan fingerprint density at radius 3 is 2.52 bits per heavy atom. The van der Waals surface area contributed by atoms with Crippen molar-refractivity contribution in [3.05, 3.63) is 36.2 Å². The first kappa shape index (κ1) is 15.0. The first-order valence-electron chi connectivity index (χ1n) is 6.83. The largest absolute Gasteiger partial charge is 0.486 e. The lowest BCUT2D eigenvalue weighted by Crippen LogP contribution is -2.43. The highest BCUT2D eigenvalue weighted by Crippen LogP contribution is 2.26. The van der Waals surface area contributed by atoms with E-state index in [1.807, 2.05) is 30.3 Å². The summed E-state index contributed by atoms with van der Waals surface area (Å²) in [5.41, 5.74) is -1.14. The van der Waals surface area contributed by atoms with Crippen molar-refractivity contribution in [1.82, 2.24) is 20.2 Å². The third-order valence-electron chi connectivity index (χ3n) is 3.62. The lowest BCUT2D eigenvalue weighted by Gasteiger charge is -2.27. The average molecular weight is 290 g/mol. The Morgan fingerprint density at radius 1 is 1.29 bits per heavy atom. The SMILES string of the molecule is CCC(CC)(C(=O)O)n1nnnc1COc1ccccc1. The number of carbonyl (C=O) groups is 1. The predicted molar refractivity (Wildman–Crippen MR) is 74.8 cm³/mol. The van der Waals surface area contributed by atoms with Gasteiger partial charge in [0.05, 0.1) is 0 Å². The number of aromatic nitrogens is 4. The summed E-state index contributed by atoms with van der Waals surface area (Å²) in [4.78, 5) is 11.7. The Morgan fingerprint density at radius 2 is 1.95 bits per heavy atom. The van der Waals surface area contributed by atoms with E-state index in [9.17, 15) is 9.90 Å². The number of ether oxygens (including phenoxy) is 1. The molecule has 0 fully saturated rings. The Hall–Kier alpha value is -2.44. The number of hydrogen-bond acceptors (Lipinski definition) is 5. The van der Waals surface area contributed by atoms with E-state index in [2.05, 4.69) is 15.5 Å². The molecule has 0 atom stereocenters. The summed E-state index contributed by atoms with van der Waals surface area (Å²) in [7, 11) is 0. The van der Waals surface area contributed by atoms with Crippen LogP contribution in [0.25, 0.3) is 0 Å². The number of rotatable bonds is 7. The van der Waals surface area contributed by atoms with E-state index in [0.717, 1.165) is 0 Å². The number of tetrazole rings is 1. The van der Waals surface area contributed by atoms with Gasteiger partial charge in [-0.3, -0.25) is 0 Å². The van der Waals surface area contributed by atoms with Gasteiger partial charge in [0.25, 0.3) is 0 Å². The number of para-hydroxylation sites is 1. The van der Waals surface area contributed by atoms with E-state index < -0.39 is 11.5 Å². The summed E-state index contributed by atoms with van der Waals surface area (Å²) < 4.78 is 6.96. The first-order valence-corrected chi connectivity index (χ1v) is 6.83. The topological polar surface area (TPSA) is 90.1 Å². The Labute approximate surface area is 122 Å². The van der Waals surface area contributed by atoms with Crippen molar-refractivity contribution in [3.8, 4) is 5.75 Å². The van der Waals surface area contributed by atoms with Crippen molar-refractivity contribution in [3.63, 3.8) is 0 Å². The summed E-state index contributed by atoms with van der Waals surface area (Å²) in [5.74, 6) is 0.131. The number of aliphatic carboxylic acids is 1. The van der Waals surface area contributed by atoms with Crippen LogP contribution >= 0.6 is 0 Å². The standard InChI is InChI=1S/C14H18N4O3/c1-3-14(4-2,13(19)20)18-12(15-16-17-18)10-21-11-8-6-5-7-9-11/h5-9H,3-4,10H2,1-2H3,(H,19,20). The van der Waals surface area contributed by atoms with E-state index in [4.69, 9.17) is 4.74 Å². The third-order valence-corrected chi connectivity index (χ3v) is 3.62. The molecule has 0 spiro atoms. The molecule has 0 bridgehead atoms. The van der Waals surface area contributed by atoms with Crippen molar-refractivity contribution in [2.75, 3.05) is 0 Å². The highest BCUT2D eigenvalue weighted by atomic mass is 16.5. The number of benzene rings is 1. The number of carboxylic acids is 1. The molecule has 21 heavy (non-hydrogen) atoms. The van der Waals surface area contributed by atoms with Crippen LogP contribution in [-0.4, -0.2) is 31.3 Å². The van der Waals surface area contributed by atoms with Crippen molar-refractivity contribution in [2.24, 2.45) is 0 Å². The number of nitrogens with zero attached hydrogens (tertiary/aromatic N) is 4. The van der Waals surface area contributed by atoms with Gasteiger partial charge in [-0.05, 0) is 35.4 Å². The predicted octanol–water partition coefficient (Wildman–Crippen LogP) is 1.85. The lowest BCUT2D eigenvalue weighted by atomic mass is 9.93. The molecule has 1 aromatic carbocycles. The fourth-order valence-corrected chi connectivity index (χ4v) is 2.24. The molecule has 1 heterocycles. The van der Waals surface area contributed by atoms with Gasteiger partial charge in [0, 0.05) is 0 Å². The number of hydrogen-bond donors (Lipinski definition) is 1. The van der Waals surface area contributed by atoms with Crippen LogP contribution in [0.15, 0.2) is 30.3 Å². The first-order chi connectivity index (χ1) is 10.1. The van der Waals surface area contributed by atoms with Crippen molar-refractivity contribution >= 4 is 5.97 Å². The normalized spacial score (nSPS) is 11.3. The maximum atomic E-state index is 11.7. The fourth-order valence-electron chi connectivity index (χ4n) is 2.24. The van der Waals surface area contributed by atoms with Gasteiger partial charge in [0.2, 0.25) is 0 Å². The molecular weight excluding hydrogens is 272 g/mol. The Balaban J connectivity index is 2.23. The molecule has 1 N–H and O–H groups in total. The van der Waals surface area contributed by atoms with Gasteiger partial charge < -0.3 is 9.84 Å². The zero-order valence-electron chi connectivity index (χ0n) is 12.1. The molecule has 0 saturated heterocycles. The molecule has 0 aliphatic carbocycles. The molecule has 0 saturated carbocycles. The Kier molecular flexibility index (Phi) is 4.52. The van der Waals surface area contributed by atoms with Crippen LogP contribution in [0.4, 0.5) is 0 Å². The molecule has 0 aliphatic rings. The van der Waals surface area contributed by atoms with Gasteiger partial charge in [-0.25, -0.2) is 9.48 Å². The van der Waals surface area contributed by atoms with Crippen molar-refractivity contribution in [1.29, 1.82) is 0 Å². The zero-order valence-corrected chi connectivity index (χ0v) is 12.1. The number of carboxylic acid groups (broad SMARTS) is 1. The second kappa shape index (κ2) is 6.34. The van der Waals surface area contributed by atoms with Crippen LogP contribution in [0.2, 0.25) is 0 Å². The summed E-state index contributed by atoms with van der Waals surface area (Å²) in [6, 6.07) is 9.24. The minimum atomic E-state index is -1.14. The maximum absolute atomic E-state index is 11.7. The van der Waals surface area contributed by atoms with Crippen LogP contribution in [0.3, 0.4) is 0 Å². The highest BCUT2D eigenvalue weighted by molar-refractivity contribution is 5.76. The third kappa shape index (κ3) is 2.86. The van der Waals surface area contributed by atoms with Gasteiger partial charge in [-0.1, -0.05) is 32.0 Å². The van der Waals surface area contributed by atoms with Gasteiger partial charge >= 0.3 is 5.97 Å². The van der Waals surface area contributed by atoms with Gasteiger partial charge in [0.1, 0.15) is 12.4 Å². The van der Waals surface area contributed by atoms with Gasteiger partial charge in [0.15, 0.2) is 11.4 Å². The summed E-state index contributed by atoms with van der Waals surface area (Å²) in [5, 5.41) is 20.9. The van der Waals surface area contributed by atoms with E-state index >= 15 is 0 Å². The van der Waals surface area contributed by atoms with Crippen LogP contribution in [0.5, 0.6) is 5.75 Å². The summed E-state index contributed by atoms with van der Waals surface area (Å²) in [6.45, 7) is 3.73. The van der Waals surface area contributed by atoms with Crippen LogP contribution in [0, 0.1) is 0 Å². The molecule has 112 valence electrons. The minimum Gasteiger partial charge on any atom is -0.486 e. The molecule has 0 amide bonds. The van der Waals surface area contributed by atoms with E-state index in [1.54, 1.807) is 13.8 Å². The molecule has 7 nitrogen and oxygen atoms in total. The van der Waals surface area contributed by atoms with Crippen LogP contribution in [-0.2, 0) is 16.9 Å². The molecule has 2 aromatic rings. The summed E-state index contributed by atoms with van der Waals surface area (Å²) in [6.07, 6.45) is 0.782. The van der Waals surface area contributed by atoms with Crippen molar-refractivity contribution < 1.29 is 14.6 Å². The lowest BCUT2D eigenvalue weighted by molar-refractivity contribution is -0.149. The minimum absolute atomic E-state index is 0.117. The molecule has 7 heteroatoms. The second-order valence-electron chi connectivity index (χ2n) is 4.65. The maximum Gasteiger partial charge on any atom is 0.331 e. The van der Waals surface area contributed by atoms with E-state index in [0.29, 0.717) is 24.4 Å². The zero-order chi connectivity index (χ0) is 15.3. The van der Waals surface area contributed by atoms with E-state index in [1.165, 1.54) is 4.68 Å². The molecular formula is C14H18N4O3. The molecule has 2 rings (SSSR count). The Bertz CT molecular complexity index is 593. The van der Waals surface area contributed by atoms with Crippen LogP contribution < -0.4 is 4.74 Å². The summed E-state index contributed by atoms with van der Waals surface area (Å²) >= 11 is 0. The molecule has 0 radical (unpaired) electrons. The fraction of sp³-hybridized carbons (Fsp3) is 0.429. The van der Waals surface area contributed by atoms with Crippen LogP contribution in [0.1, 0.15) is 32.5 Å². The molecule has 0 unspecified atom stereocenters. The van der Waals surface area contributed by atoms with Crippen molar-refractivity contribution in [2.45, 2.75) is 38.8 Å². The smallest absolute Gasteiger partial charge is 0.331 e. The average Bonchev–Trinajstić information content (AvgIpc) is 2.97. The highest BCUT2D eigenvalue weighted by Gasteiger charge is 2.40. The molecule has 0 aliphatic heterocycles. The second-order valence-corrected chi connectivity index (χ2v) is 4.65. The van der Waals surface area contributed by atoms with Gasteiger partial charge in [-0.15, -0.1) is 5.10 Å². The molecule has 1 aromatic heterocycles. The quantitative estimate of drug-likeness (QED) is 0.837. The monoisotopic (exact) mass is 290 g/mol. The van der Waals surface area contributed by atoms with E-state index in [-0.39, 0.29) is 6.61 Å².